The van der Waals surface area contributed by atoms with Gasteiger partial charge >= 0.3 is 6.09 Å². The van der Waals surface area contributed by atoms with E-state index in [2.05, 4.69) is 16.8 Å². The maximum Gasteiger partial charge on any atom is 0.410 e. The van der Waals surface area contributed by atoms with Crippen molar-refractivity contribution in [1.29, 1.82) is 0 Å². The summed E-state index contributed by atoms with van der Waals surface area (Å²) in [5.74, 6) is 0. The lowest BCUT2D eigenvalue weighted by Gasteiger charge is -2.29. The lowest BCUT2D eigenvalue weighted by molar-refractivity contribution is 0.0234. The van der Waals surface area contributed by atoms with Crippen LogP contribution in [-0.2, 0) is 11.2 Å². The van der Waals surface area contributed by atoms with Gasteiger partial charge in [0.1, 0.15) is 5.60 Å². The smallest absolute Gasteiger partial charge is 0.410 e. The molecule has 1 unspecified atom stereocenters. The van der Waals surface area contributed by atoms with Crippen molar-refractivity contribution in [2.45, 2.75) is 70.6 Å². The molecule has 1 N–H and O–H groups in total. The first kappa shape index (κ1) is 16.8. The Morgan fingerprint density at radius 1 is 1.39 bits per heavy atom. The van der Waals surface area contributed by atoms with Gasteiger partial charge in [-0.05, 0) is 69.9 Å². The maximum atomic E-state index is 12.4. The number of carbonyl (C=O) groups is 1. The van der Waals surface area contributed by atoms with Crippen molar-refractivity contribution in [2.75, 3.05) is 13.1 Å². The highest BCUT2D eigenvalue weighted by atomic mass is 32.1. The first-order chi connectivity index (χ1) is 10.9. The van der Waals surface area contributed by atoms with Crippen LogP contribution in [-0.4, -0.2) is 35.7 Å². The molecule has 1 aromatic rings. The van der Waals surface area contributed by atoms with Crippen molar-refractivity contribution in [3.63, 3.8) is 0 Å². The lowest BCUT2D eigenvalue weighted by atomic mass is 9.94. The maximum absolute atomic E-state index is 12.4. The summed E-state index contributed by atoms with van der Waals surface area (Å²) in [5, 5.41) is 5.85. The normalized spacial score (nSPS) is 20.9. The fourth-order valence-electron chi connectivity index (χ4n) is 3.19. The van der Waals surface area contributed by atoms with Gasteiger partial charge in [-0.1, -0.05) is 0 Å². The Morgan fingerprint density at radius 2 is 2.17 bits per heavy atom. The van der Waals surface area contributed by atoms with Gasteiger partial charge < -0.3 is 15.0 Å². The van der Waals surface area contributed by atoms with Crippen LogP contribution in [0.5, 0.6) is 0 Å². The van der Waals surface area contributed by atoms with Crippen LogP contribution in [0.25, 0.3) is 0 Å². The van der Waals surface area contributed by atoms with Crippen molar-refractivity contribution < 1.29 is 9.53 Å². The van der Waals surface area contributed by atoms with Crippen molar-refractivity contribution in [2.24, 2.45) is 0 Å². The SMILES string of the molecule is CC(C)(C)OC(=O)N(CCNC1CCCc2sccc21)C1CC1. The third kappa shape index (κ3) is 4.48. The number of fused-ring (bicyclic) bond motifs is 1. The quantitative estimate of drug-likeness (QED) is 0.879. The molecule has 5 heteroatoms. The third-order valence-corrected chi connectivity index (χ3v) is 5.41. The predicted molar refractivity (Wildman–Crippen MR) is 94.0 cm³/mol. The van der Waals surface area contributed by atoms with Crippen LogP contribution in [0, 0.1) is 0 Å². The van der Waals surface area contributed by atoms with E-state index in [4.69, 9.17) is 4.74 Å². The van der Waals surface area contributed by atoms with Crippen LogP contribution in [0.4, 0.5) is 4.79 Å². The average molecular weight is 337 g/mol. The topological polar surface area (TPSA) is 41.6 Å². The van der Waals surface area contributed by atoms with Crippen LogP contribution in [0.15, 0.2) is 11.4 Å². The summed E-state index contributed by atoms with van der Waals surface area (Å²) in [6.07, 6.45) is 5.72. The van der Waals surface area contributed by atoms with Crippen LogP contribution in [0.3, 0.4) is 0 Å². The molecule has 1 amide bonds. The first-order valence-electron chi connectivity index (χ1n) is 8.73. The number of hydrogen-bond donors (Lipinski definition) is 1. The Morgan fingerprint density at radius 3 is 2.87 bits per heavy atom. The largest absolute Gasteiger partial charge is 0.444 e. The van der Waals surface area contributed by atoms with Gasteiger partial charge in [-0.25, -0.2) is 4.79 Å². The Balaban J connectivity index is 1.52. The summed E-state index contributed by atoms with van der Waals surface area (Å²) in [6.45, 7) is 7.34. The van der Waals surface area contributed by atoms with Gasteiger partial charge in [0.2, 0.25) is 0 Å². The summed E-state index contributed by atoms with van der Waals surface area (Å²) in [5.41, 5.74) is 1.04. The second-order valence-electron chi connectivity index (χ2n) is 7.60. The molecule has 1 atom stereocenters. The summed E-state index contributed by atoms with van der Waals surface area (Å²) < 4.78 is 5.55. The van der Waals surface area contributed by atoms with E-state index in [0.29, 0.717) is 12.1 Å². The Hall–Kier alpha value is -1.07. The van der Waals surface area contributed by atoms with Crippen molar-refractivity contribution >= 4 is 17.4 Å². The zero-order valence-corrected chi connectivity index (χ0v) is 15.2. The molecule has 1 fully saturated rings. The van der Waals surface area contributed by atoms with E-state index in [-0.39, 0.29) is 6.09 Å². The standard InChI is InChI=1S/C18H28N2O2S/c1-18(2,3)22-17(21)20(13-7-8-13)11-10-19-15-5-4-6-16-14(15)9-12-23-16/h9,12-13,15,19H,4-8,10-11H2,1-3H3. The first-order valence-corrected chi connectivity index (χ1v) is 9.61. The average Bonchev–Trinajstić information content (AvgIpc) is 3.17. The van der Waals surface area contributed by atoms with Gasteiger partial charge in [-0.3, -0.25) is 0 Å². The second-order valence-corrected chi connectivity index (χ2v) is 8.60. The molecule has 0 spiro atoms. The number of hydrogen-bond acceptors (Lipinski definition) is 4. The second kappa shape index (κ2) is 6.81. The van der Waals surface area contributed by atoms with Crippen LogP contribution >= 0.6 is 11.3 Å². The van der Waals surface area contributed by atoms with E-state index in [9.17, 15) is 4.79 Å². The number of carbonyl (C=O) groups excluding carboxylic acids is 1. The molecule has 1 heterocycles. The van der Waals surface area contributed by atoms with E-state index < -0.39 is 5.60 Å². The summed E-state index contributed by atoms with van der Waals surface area (Å²) in [4.78, 5) is 15.8. The molecule has 3 rings (SSSR count). The summed E-state index contributed by atoms with van der Waals surface area (Å²) in [6, 6.07) is 3.09. The zero-order chi connectivity index (χ0) is 16.4. The predicted octanol–water partition coefficient (Wildman–Crippen LogP) is 4.11. The number of rotatable bonds is 5. The van der Waals surface area contributed by atoms with Crippen LogP contribution in [0.1, 0.15) is 62.9 Å². The minimum absolute atomic E-state index is 0.165. The fourth-order valence-corrected chi connectivity index (χ4v) is 4.17. The number of nitrogens with zero attached hydrogens (tertiary/aromatic N) is 1. The minimum Gasteiger partial charge on any atom is -0.444 e. The van der Waals surface area contributed by atoms with Gasteiger partial charge in [0.15, 0.2) is 0 Å². The Bertz CT molecular complexity index is 545. The Kier molecular flexibility index (Phi) is 4.97. The van der Waals surface area contributed by atoms with E-state index in [1.54, 1.807) is 0 Å². The molecular formula is C18H28N2O2S. The van der Waals surface area contributed by atoms with Gasteiger partial charge in [0.05, 0.1) is 0 Å². The van der Waals surface area contributed by atoms with E-state index in [0.717, 1.165) is 25.9 Å². The summed E-state index contributed by atoms with van der Waals surface area (Å²) in [7, 11) is 0. The number of thiophene rings is 1. The number of aryl methyl sites for hydroxylation is 1. The molecule has 0 aliphatic heterocycles. The molecule has 0 saturated heterocycles. The summed E-state index contributed by atoms with van der Waals surface area (Å²) >= 11 is 1.87. The highest BCUT2D eigenvalue weighted by Gasteiger charge is 2.35. The van der Waals surface area contributed by atoms with E-state index in [1.807, 2.05) is 37.0 Å². The number of nitrogens with one attached hydrogen (secondary N) is 1. The Labute approximate surface area is 143 Å². The van der Waals surface area contributed by atoms with Gasteiger partial charge in [-0.15, -0.1) is 11.3 Å². The molecule has 1 saturated carbocycles. The molecule has 2 aliphatic rings. The molecule has 23 heavy (non-hydrogen) atoms. The zero-order valence-electron chi connectivity index (χ0n) is 14.4. The molecule has 0 bridgehead atoms. The van der Waals surface area contributed by atoms with Crippen LogP contribution < -0.4 is 5.32 Å². The van der Waals surface area contributed by atoms with E-state index >= 15 is 0 Å². The molecule has 128 valence electrons. The van der Waals surface area contributed by atoms with Gasteiger partial charge in [-0.2, -0.15) is 0 Å². The van der Waals surface area contributed by atoms with Gasteiger partial charge in [0, 0.05) is 30.1 Å². The van der Waals surface area contributed by atoms with Gasteiger partial charge in [0.25, 0.3) is 0 Å². The van der Waals surface area contributed by atoms with Crippen molar-refractivity contribution in [1.82, 2.24) is 10.2 Å². The van der Waals surface area contributed by atoms with Crippen LogP contribution in [0.2, 0.25) is 0 Å². The van der Waals surface area contributed by atoms with E-state index in [1.165, 1.54) is 29.7 Å². The number of ether oxygens (including phenoxy) is 1. The number of amides is 1. The molecule has 1 aromatic heterocycles. The molecule has 0 aromatic carbocycles. The fraction of sp³-hybridized carbons (Fsp3) is 0.722. The highest BCUT2D eigenvalue weighted by molar-refractivity contribution is 7.10. The molecular weight excluding hydrogens is 308 g/mol. The van der Waals surface area contributed by atoms with Crippen molar-refractivity contribution in [3.8, 4) is 0 Å². The highest BCUT2D eigenvalue weighted by Crippen LogP contribution is 2.33. The molecule has 4 nitrogen and oxygen atoms in total. The minimum atomic E-state index is -0.424. The van der Waals surface area contributed by atoms with Crippen molar-refractivity contribution in [3.05, 3.63) is 21.9 Å². The molecule has 2 aliphatic carbocycles. The lowest BCUT2D eigenvalue weighted by Crippen LogP contribution is -2.42. The monoisotopic (exact) mass is 336 g/mol. The molecule has 0 radical (unpaired) electrons. The third-order valence-electron chi connectivity index (χ3n) is 4.41.